The summed E-state index contributed by atoms with van der Waals surface area (Å²) >= 11 is 0. The summed E-state index contributed by atoms with van der Waals surface area (Å²) in [5.74, 6) is 0.347. The van der Waals surface area contributed by atoms with Gasteiger partial charge in [-0.05, 0) is 36.4 Å². The molecule has 0 amide bonds. The number of hydrogen-bond acceptors (Lipinski definition) is 5. The molecule has 112 valence electrons. The minimum absolute atomic E-state index is 0.544. The normalized spacial score (nSPS) is 18.5. The van der Waals surface area contributed by atoms with Crippen molar-refractivity contribution in [2.75, 3.05) is 28.4 Å². The Balaban J connectivity index is 2.29. The Morgan fingerprint density at radius 1 is 0.905 bits per heavy atom. The maximum Gasteiger partial charge on any atom is 0.248 e. The predicted molar refractivity (Wildman–Crippen MR) is 81.1 cm³/mol. The van der Waals surface area contributed by atoms with E-state index in [1.54, 1.807) is 40.6 Å². The standard InChI is InChI=1S/C16H19NO4/c1-18-14-7-5-12(6-8-14)17-13-9-10-16(20-3,21-4)15(11-13)19-2/h5-11H,1-4H3. The monoisotopic (exact) mass is 289 g/mol. The molecular formula is C16H19NO4. The molecule has 0 heterocycles. The number of rotatable bonds is 5. The maximum absolute atomic E-state index is 5.39. The predicted octanol–water partition coefficient (Wildman–Crippen LogP) is 2.86. The Morgan fingerprint density at radius 2 is 1.57 bits per heavy atom. The largest absolute Gasteiger partial charge is 0.497 e. The second-order valence-electron chi connectivity index (χ2n) is 4.36. The first kappa shape index (κ1) is 15.3. The van der Waals surface area contributed by atoms with Crippen molar-refractivity contribution >= 4 is 11.4 Å². The smallest absolute Gasteiger partial charge is 0.248 e. The van der Waals surface area contributed by atoms with Crippen molar-refractivity contribution in [3.05, 3.63) is 48.3 Å². The van der Waals surface area contributed by atoms with Crippen molar-refractivity contribution in [2.45, 2.75) is 5.79 Å². The van der Waals surface area contributed by atoms with E-state index in [9.17, 15) is 0 Å². The average molecular weight is 289 g/mol. The Hall–Kier alpha value is -2.11. The zero-order valence-corrected chi connectivity index (χ0v) is 12.6. The van der Waals surface area contributed by atoms with Gasteiger partial charge >= 0.3 is 0 Å². The molecule has 0 radical (unpaired) electrons. The maximum atomic E-state index is 5.39. The number of nitrogens with zero attached hydrogens (tertiary/aromatic N) is 1. The Morgan fingerprint density at radius 3 is 2.10 bits per heavy atom. The van der Waals surface area contributed by atoms with Gasteiger partial charge in [0.1, 0.15) is 5.75 Å². The third kappa shape index (κ3) is 3.15. The summed E-state index contributed by atoms with van der Waals surface area (Å²) in [5, 5.41) is 0. The fraction of sp³-hybridized carbons (Fsp3) is 0.312. The Bertz CT molecular complexity index is 568. The van der Waals surface area contributed by atoms with Gasteiger partial charge in [-0.25, -0.2) is 4.99 Å². The average Bonchev–Trinajstić information content (AvgIpc) is 2.55. The van der Waals surface area contributed by atoms with Crippen molar-refractivity contribution in [1.82, 2.24) is 0 Å². The zero-order chi connectivity index (χ0) is 15.3. The lowest BCUT2D eigenvalue weighted by molar-refractivity contribution is -0.165. The molecule has 0 fully saturated rings. The molecule has 0 unspecified atom stereocenters. The van der Waals surface area contributed by atoms with E-state index >= 15 is 0 Å². The first-order chi connectivity index (χ1) is 10.2. The summed E-state index contributed by atoms with van der Waals surface area (Å²) in [6.07, 6.45) is 5.39. The van der Waals surface area contributed by atoms with Crippen LogP contribution in [0.25, 0.3) is 0 Å². The van der Waals surface area contributed by atoms with Crippen molar-refractivity contribution in [2.24, 2.45) is 4.99 Å². The van der Waals surface area contributed by atoms with Crippen LogP contribution < -0.4 is 4.74 Å². The number of ether oxygens (including phenoxy) is 4. The lowest BCUT2D eigenvalue weighted by Crippen LogP contribution is -2.37. The molecule has 1 aromatic carbocycles. The van der Waals surface area contributed by atoms with Gasteiger partial charge in [-0.2, -0.15) is 0 Å². The van der Waals surface area contributed by atoms with Gasteiger partial charge in [0.05, 0.1) is 25.6 Å². The van der Waals surface area contributed by atoms with Crippen LogP contribution in [0.4, 0.5) is 5.69 Å². The molecule has 0 N–H and O–H groups in total. The summed E-state index contributed by atoms with van der Waals surface area (Å²) in [5.41, 5.74) is 1.58. The third-order valence-electron chi connectivity index (χ3n) is 3.25. The topological polar surface area (TPSA) is 49.3 Å². The molecule has 0 bridgehead atoms. The minimum Gasteiger partial charge on any atom is -0.497 e. The summed E-state index contributed by atoms with van der Waals surface area (Å²) < 4.78 is 21.2. The first-order valence-electron chi connectivity index (χ1n) is 6.46. The van der Waals surface area contributed by atoms with E-state index in [1.807, 2.05) is 30.3 Å². The summed E-state index contributed by atoms with van der Waals surface area (Å²) in [7, 11) is 6.33. The van der Waals surface area contributed by atoms with Gasteiger partial charge in [0, 0.05) is 20.3 Å². The van der Waals surface area contributed by atoms with Crippen LogP contribution >= 0.6 is 0 Å². The van der Waals surface area contributed by atoms with Gasteiger partial charge < -0.3 is 18.9 Å². The van der Waals surface area contributed by atoms with Gasteiger partial charge in [0.2, 0.25) is 5.79 Å². The van der Waals surface area contributed by atoms with Gasteiger partial charge in [-0.15, -0.1) is 0 Å². The molecule has 5 nitrogen and oxygen atoms in total. The Kier molecular flexibility index (Phi) is 4.77. The lowest BCUT2D eigenvalue weighted by Gasteiger charge is -2.30. The number of hydrogen-bond donors (Lipinski definition) is 0. The molecule has 5 heteroatoms. The molecule has 1 aliphatic rings. The van der Waals surface area contributed by atoms with Gasteiger partial charge in [0.25, 0.3) is 0 Å². The molecule has 0 saturated heterocycles. The fourth-order valence-electron chi connectivity index (χ4n) is 2.06. The summed E-state index contributed by atoms with van der Waals surface area (Å²) in [6, 6.07) is 7.49. The van der Waals surface area contributed by atoms with Crippen LogP contribution in [-0.2, 0) is 14.2 Å². The van der Waals surface area contributed by atoms with E-state index in [1.165, 1.54) is 0 Å². The van der Waals surface area contributed by atoms with Crippen molar-refractivity contribution in [3.63, 3.8) is 0 Å². The summed E-state index contributed by atoms with van der Waals surface area (Å²) in [4.78, 5) is 4.53. The molecule has 0 spiro atoms. The number of methoxy groups -OCH3 is 4. The molecule has 0 aliphatic heterocycles. The molecular weight excluding hydrogens is 270 g/mol. The van der Waals surface area contributed by atoms with Crippen LogP contribution in [0.1, 0.15) is 0 Å². The van der Waals surface area contributed by atoms with Crippen LogP contribution in [0.3, 0.4) is 0 Å². The second kappa shape index (κ2) is 6.56. The van der Waals surface area contributed by atoms with E-state index < -0.39 is 5.79 Å². The van der Waals surface area contributed by atoms with Crippen LogP contribution in [0, 0.1) is 0 Å². The molecule has 0 aromatic heterocycles. The lowest BCUT2D eigenvalue weighted by atomic mass is 10.1. The molecule has 0 atom stereocenters. The van der Waals surface area contributed by atoms with Crippen molar-refractivity contribution in [3.8, 4) is 5.75 Å². The number of allylic oxidation sites excluding steroid dienone is 2. The van der Waals surface area contributed by atoms with E-state index in [2.05, 4.69) is 4.99 Å². The quantitative estimate of drug-likeness (QED) is 0.782. The van der Waals surface area contributed by atoms with Crippen LogP contribution in [0.15, 0.2) is 53.2 Å². The number of aliphatic imine (C=N–C) groups is 1. The highest BCUT2D eigenvalue weighted by molar-refractivity contribution is 6.06. The first-order valence-corrected chi connectivity index (χ1v) is 6.46. The van der Waals surface area contributed by atoms with E-state index in [0.29, 0.717) is 5.76 Å². The van der Waals surface area contributed by atoms with Crippen LogP contribution in [-0.4, -0.2) is 39.9 Å². The molecule has 1 aliphatic carbocycles. The SMILES string of the molecule is COC1=CC(=Nc2ccc(OC)cc2)C=CC1(OC)OC. The number of benzene rings is 1. The van der Waals surface area contributed by atoms with E-state index in [4.69, 9.17) is 18.9 Å². The molecule has 21 heavy (non-hydrogen) atoms. The highest BCUT2D eigenvalue weighted by atomic mass is 16.7. The fourth-order valence-corrected chi connectivity index (χ4v) is 2.06. The molecule has 1 aromatic rings. The van der Waals surface area contributed by atoms with E-state index in [-0.39, 0.29) is 0 Å². The highest BCUT2D eigenvalue weighted by Crippen LogP contribution is 2.28. The van der Waals surface area contributed by atoms with Crippen molar-refractivity contribution < 1.29 is 18.9 Å². The van der Waals surface area contributed by atoms with Gasteiger partial charge in [0.15, 0.2) is 5.76 Å². The second-order valence-corrected chi connectivity index (χ2v) is 4.36. The van der Waals surface area contributed by atoms with Gasteiger partial charge in [-0.1, -0.05) is 0 Å². The van der Waals surface area contributed by atoms with Crippen molar-refractivity contribution in [1.29, 1.82) is 0 Å². The van der Waals surface area contributed by atoms with Gasteiger partial charge in [-0.3, -0.25) is 0 Å². The molecule has 2 rings (SSSR count). The van der Waals surface area contributed by atoms with E-state index in [0.717, 1.165) is 17.1 Å². The third-order valence-corrected chi connectivity index (χ3v) is 3.25. The zero-order valence-electron chi connectivity index (χ0n) is 12.6. The minimum atomic E-state index is -0.992. The van der Waals surface area contributed by atoms with Crippen LogP contribution in [0.5, 0.6) is 5.75 Å². The Labute approximate surface area is 124 Å². The molecule has 0 saturated carbocycles. The highest BCUT2D eigenvalue weighted by Gasteiger charge is 2.35. The van der Waals surface area contributed by atoms with Crippen LogP contribution in [0.2, 0.25) is 0 Å². The summed E-state index contributed by atoms with van der Waals surface area (Å²) in [6.45, 7) is 0.